The van der Waals surface area contributed by atoms with Gasteiger partial charge in [0, 0.05) is 27.3 Å². The Kier molecular flexibility index (Phi) is 4.50. The molecule has 1 rings (SSSR count). The van der Waals surface area contributed by atoms with E-state index < -0.39 is 0 Å². The molecule has 1 fully saturated rings. The fourth-order valence-corrected chi connectivity index (χ4v) is 1.86. The van der Waals surface area contributed by atoms with Crippen LogP contribution in [0.3, 0.4) is 0 Å². The number of likely N-dealkylation sites (tertiary alicyclic amines) is 1. The average Bonchev–Trinajstić information content (AvgIpc) is 2.69. The topological polar surface area (TPSA) is 48.0 Å². The SMILES string of the molecule is COC(=O)[C@@H](C)N1C[C@H](OC)[C@H](OC)C1. The molecule has 0 radical (unpaired) electrons. The van der Waals surface area contributed by atoms with Crippen LogP contribution >= 0.6 is 0 Å². The van der Waals surface area contributed by atoms with Crippen molar-refractivity contribution in [1.82, 2.24) is 4.90 Å². The molecule has 15 heavy (non-hydrogen) atoms. The zero-order valence-electron chi connectivity index (χ0n) is 9.73. The molecule has 1 aliphatic heterocycles. The Morgan fingerprint density at radius 2 is 1.67 bits per heavy atom. The lowest BCUT2D eigenvalue weighted by Crippen LogP contribution is -2.38. The summed E-state index contributed by atoms with van der Waals surface area (Å²) in [4.78, 5) is 13.4. The number of carbonyl (C=O) groups excluding carboxylic acids is 1. The summed E-state index contributed by atoms with van der Waals surface area (Å²) in [7, 11) is 4.71. The predicted molar refractivity (Wildman–Crippen MR) is 54.6 cm³/mol. The third-order valence-electron chi connectivity index (χ3n) is 2.94. The van der Waals surface area contributed by atoms with E-state index in [2.05, 4.69) is 0 Å². The molecule has 0 aromatic heterocycles. The summed E-state index contributed by atoms with van der Waals surface area (Å²) in [6.07, 6.45) is 0.0595. The minimum Gasteiger partial charge on any atom is -0.468 e. The molecule has 5 nitrogen and oxygen atoms in total. The first-order valence-corrected chi connectivity index (χ1v) is 5.01. The van der Waals surface area contributed by atoms with Crippen LogP contribution in [0.2, 0.25) is 0 Å². The highest BCUT2D eigenvalue weighted by atomic mass is 16.5. The molecule has 1 heterocycles. The van der Waals surface area contributed by atoms with Crippen molar-refractivity contribution in [3.63, 3.8) is 0 Å². The number of hydrogen-bond donors (Lipinski definition) is 0. The van der Waals surface area contributed by atoms with Gasteiger partial charge in [-0.25, -0.2) is 0 Å². The van der Waals surface area contributed by atoms with Gasteiger partial charge in [0.15, 0.2) is 0 Å². The van der Waals surface area contributed by atoms with E-state index in [0.717, 1.165) is 0 Å². The predicted octanol–water partition coefficient (Wildman–Crippen LogP) is -0.106. The van der Waals surface area contributed by atoms with Crippen LogP contribution < -0.4 is 0 Å². The Bertz CT molecular complexity index is 209. The molecule has 0 aromatic rings. The third-order valence-corrected chi connectivity index (χ3v) is 2.94. The molecular formula is C10H19NO4. The second-order valence-electron chi connectivity index (χ2n) is 3.70. The summed E-state index contributed by atoms with van der Waals surface area (Å²) in [5.74, 6) is -0.221. The molecule has 0 unspecified atom stereocenters. The zero-order valence-corrected chi connectivity index (χ0v) is 9.73. The minimum atomic E-state index is -0.243. The van der Waals surface area contributed by atoms with Gasteiger partial charge < -0.3 is 14.2 Å². The van der Waals surface area contributed by atoms with Crippen LogP contribution in [0.4, 0.5) is 0 Å². The normalized spacial score (nSPS) is 29.1. The van der Waals surface area contributed by atoms with E-state index in [1.165, 1.54) is 7.11 Å². The number of esters is 1. The van der Waals surface area contributed by atoms with Gasteiger partial charge in [-0.15, -0.1) is 0 Å². The van der Waals surface area contributed by atoms with Gasteiger partial charge in [0.05, 0.1) is 19.3 Å². The van der Waals surface area contributed by atoms with Gasteiger partial charge in [-0.3, -0.25) is 9.69 Å². The number of hydrogen-bond acceptors (Lipinski definition) is 5. The van der Waals surface area contributed by atoms with Gasteiger partial charge in [0.2, 0.25) is 0 Å². The average molecular weight is 217 g/mol. The molecule has 0 amide bonds. The fourth-order valence-electron chi connectivity index (χ4n) is 1.86. The van der Waals surface area contributed by atoms with Crippen LogP contribution in [0, 0.1) is 0 Å². The maximum absolute atomic E-state index is 11.3. The van der Waals surface area contributed by atoms with Crippen LogP contribution in [-0.4, -0.2) is 63.5 Å². The van der Waals surface area contributed by atoms with Crippen molar-refractivity contribution in [2.24, 2.45) is 0 Å². The molecule has 0 aromatic carbocycles. The maximum atomic E-state index is 11.3. The number of ether oxygens (including phenoxy) is 3. The highest BCUT2D eigenvalue weighted by Gasteiger charge is 2.37. The van der Waals surface area contributed by atoms with Crippen LogP contribution in [0.15, 0.2) is 0 Å². The van der Waals surface area contributed by atoms with Crippen molar-refractivity contribution in [1.29, 1.82) is 0 Å². The van der Waals surface area contributed by atoms with E-state index in [4.69, 9.17) is 14.2 Å². The summed E-state index contributed by atoms with van der Waals surface area (Å²) < 4.78 is 15.3. The highest BCUT2D eigenvalue weighted by Crippen LogP contribution is 2.18. The van der Waals surface area contributed by atoms with E-state index in [1.54, 1.807) is 14.2 Å². The maximum Gasteiger partial charge on any atom is 0.322 e. The number of rotatable bonds is 4. The third kappa shape index (κ3) is 2.68. The molecule has 88 valence electrons. The van der Waals surface area contributed by atoms with Crippen molar-refractivity contribution in [3.05, 3.63) is 0 Å². The first kappa shape index (κ1) is 12.4. The Labute approximate surface area is 90.3 Å². The number of methoxy groups -OCH3 is 3. The first-order chi connectivity index (χ1) is 7.13. The number of carbonyl (C=O) groups is 1. The first-order valence-electron chi connectivity index (χ1n) is 5.01. The molecule has 0 N–H and O–H groups in total. The molecular weight excluding hydrogens is 198 g/mol. The van der Waals surface area contributed by atoms with Gasteiger partial charge >= 0.3 is 5.97 Å². The van der Waals surface area contributed by atoms with Gasteiger partial charge in [0.1, 0.15) is 6.04 Å². The largest absolute Gasteiger partial charge is 0.468 e. The number of nitrogens with zero attached hydrogens (tertiary/aromatic N) is 1. The standard InChI is InChI=1S/C10H19NO4/c1-7(10(12)15-4)11-5-8(13-2)9(6-11)14-3/h7-9H,5-6H2,1-4H3/t7-,8-,9+/m1/s1. The summed E-state index contributed by atoms with van der Waals surface area (Å²) in [6, 6.07) is -0.243. The van der Waals surface area contributed by atoms with E-state index in [9.17, 15) is 4.79 Å². The molecule has 1 saturated heterocycles. The molecule has 0 aliphatic carbocycles. The minimum absolute atomic E-state index is 0.0297. The zero-order chi connectivity index (χ0) is 11.4. The van der Waals surface area contributed by atoms with Crippen molar-refractivity contribution in [2.75, 3.05) is 34.4 Å². The van der Waals surface area contributed by atoms with Crippen LogP contribution in [-0.2, 0) is 19.0 Å². The van der Waals surface area contributed by atoms with Crippen molar-refractivity contribution >= 4 is 5.97 Å². The van der Waals surface area contributed by atoms with E-state index in [1.807, 2.05) is 11.8 Å². The fraction of sp³-hybridized carbons (Fsp3) is 0.900. The summed E-state index contributed by atoms with van der Waals surface area (Å²) in [6.45, 7) is 3.23. The Balaban J connectivity index is 2.56. The lowest BCUT2D eigenvalue weighted by molar-refractivity contribution is -0.146. The second kappa shape index (κ2) is 5.44. The smallest absolute Gasteiger partial charge is 0.322 e. The monoisotopic (exact) mass is 217 g/mol. The lowest BCUT2D eigenvalue weighted by Gasteiger charge is -2.21. The molecule has 0 saturated carbocycles. The highest BCUT2D eigenvalue weighted by molar-refractivity contribution is 5.75. The molecule has 0 spiro atoms. The van der Waals surface area contributed by atoms with Gasteiger partial charge in [-0.2, -0.15) is 0 Å². The Morgan fingerprint density at radius 1 is 1.20 bits per heavy atom. The molecule has 0 bridgehead atoms. The van der Waals surface area contributed by atoms with Crippen molar-refractivity contribution in [2.45, 2.75) is 25.2 Å². The van der Waals surface area contributed by atoms with Gasteiger partial charge in [-0.1, -0.05) is 0 Å². The Morgan fingerprint density at radius 3 is 2.00 bits per heavy atom. The molecule has 3 atom stereocenters. The van der Waals surface area contributed by atoms with E-state index in [0.29, 0.717) is 13.1 Å². The summed E-state index contributed by atoms with van der Waals surface area (Å²) >= 11 is 0. The quantitative estimate of drug-likeness (QED) is 0.615. The molecule has 5 heteroatoms. The summed E-state index contributed by atoms with van der Waals surface area (Å²) in [5.41, 5.74) is 0. The van der Waals surface area contributed by atoms with Crippen molar-refractivity contribution in [3.8, 4) is 0 Å². The lowest BCUT2D eigenvalue weighted by atomic mass is 10.3. The van der Waals surface area contributed by atoms with Crippen LogP contribution in [0.5, 0.6) is 0 Å². The van der Waals surface area contributed by atoms with E-state index in [-0.39, 0.29) is 24.2 Å². The van der Waals surface area contributed by atoms with Crippen LogP contribution in [0.25, 0.3) is 0 Å². The Hall–Kier alpha value is -0.650. The summed E-state index contributed by atoms with van der Waals surface area (Å²) in [5, 5.41) is 0. The molecule has 1 aliphatic rings. The van der Waals surface area contributed by atoms with Crippen LogP contribution in [0.1, 0.15) is 6.92 Å². The van der Waals surface area contributed by atoms with Gasteiger partial charge in [-0.05, 0) is 6.92 Å². The second-order valence-corrected chi connectivity index (χ2v) is 3.70. The van der Waals surface area contributed by atoms with Gasteiger partial charge in [0.25, 0.3) is 0 Å². The van der Waals surface area contributed by atoms with E-state index >= 15 is 0 Å². The van der Waals surface area contributed by atoms with Crippen molar-refractivity contribution < 1.29 is 19.0 Å².